The van der Waals surface area contributed by atoms with E-state index in [9.17, 15) is 9.59 Å². The van der Waals surface area contributed by atoms with Gasteiger partial charge in [0, 0.05) is 26.1 Å². The maximum absolute atomic E-state index is 12.1. The highest BCUT2D eigenvalue weighted by Crippen LogP contribution is 2.19. The molecule has 0 N–H and O–H groups in total. The fourth-order valence-electron chi connectivity index (χ4n) is 3.11. The van der Waals surface area contributed by atoms with Gasteiger partial charge in [0.05, 0.1) is 13.0 Å². The highest BCUT2D eigenvalue weighted by atomic mass is 16.5. The van der Waals surface area contributed by atoms with E-state index in [2.05, 4.69) is 4.90 Å². The molecule has 2 saturated heterocycles. The summed E-state index contributed by atoms with van der Waals surface area (Å²) in [4.78, 5) is 27.8. The largest absolute Gasteiger partial charge is 0.469 e. The van der Waals surface area contributed by atoms with Crippen LogP contribution in [-0.4, -0.2) is 61.5 Å². The van der Waals surface area contributed by atoms with Crippen LogP contribution in [0.25, 0.3) is 0 Å². The fraction of sp³-hybridized carbons (Fsp3) is 0.867. The highest BCUT2D eigenvalue weighted by molar-refractivity contribution is 5.76. The summed E-state index contributed by atoms with van der Waals surface area (Å²) in [6.45, 7) is 4.48. The summed E-state index contributed by atoms with van der Waals surface area (Å²) in [6.07, 6.45) is 5.87. The van der Waals surface area contributed by atoms with Crippen LogP contribution in [0.3, 0.4) is 0 Å². The summed E-state index contributed by atoms with van der Waals surface area (Å²) >= 11 is 0. The van der Waals surface area contributed by atoms with Crippen LogP contribution >= 0.6 is 0 Å². The van der Waals surface area contributed by atoms with Crippen molar-refractivity contribution in [3.8, 4) is 0 Å². The molecular formula is C15H26N2O3. The van der Waals surface area contributed by atoms with Crippen molar-refractivity contribution < 1.29 is 14.3 Å². The summed E-state index contributed by atoms with van der Waals surface area (Å²) in [5.41, 5.74) is 0. The van der Waals surface area contributed by atoms with E-state index in [0.717, 1.165) is 58.4 Å². The van der Waals surface area contributed by atoms with Crippen molar-refractivity contribution in [3.63, 3.8) is 0 Å². The van der Waals surface area contributed by atoms with E-state index in [1.165, 1.54) is 13.5 Å². The lowest BCUT2D eigenvalue weighted by molar-refractivity contribution is -0.147. The molecule has 5 heteroatoms. The first-order valence-electron chi connectivity index (χ1n) is 7.78. The Morgan fingerprint density at radius 1 is 1.05 bits per heavy atom. The van der Waals surface area contributed by atoms with Crippen molar-refractivity contribution in [2.24, 2.45) is 5.92 Å². The number of piperidine rings is 2. The first kappa shape index (κ1) is 15.3. The number of nitrogens with zero attached hydrogens (tertiary/aromatic N) is 2. The molecule has 0 radical (unpaired) electrons. The molecule has 2 heterocycles. The maximum Gasteiger partial charge on any atom is 0.308 e. The van der Waals surface area contributed by atoms with Crippen molar-refractivity contribution in [3.05, 3.63) is 0 Å². The zero-order valence-electron chi connectivity index (χ0n) is 12.5. The molecule has 0 aliphatic carbocycles. The minimum Gasteiger partial charge on any atom is -0.469 e. The number of likely N-dealkylation sites (tertiary alicyclic amines) is 2. The molecule has 2 aliphatic heterocycles. The Morgan fingerprint density at radius 3 is 2.30 bits per heavy atom. The number of rotatable bonds is 4. The van der Waals surface area contributed by atoms with Gasteiger partial charge in [-0.1, -0.05) is 0 Å². The zero-order chi connectivity index (χ0) is 14.4. The molecule has 0 unspecified atom stereocenters. The van der Waals surface area contributed by atoms with Crippen molar-refractivity contribution in [2.45, 2.75) is 38.5 Å². The van der Waals surface area contributed by atoms with Gasteiger partial charge in [-0.2, -0.15) is 0 Å². The molecule has 0 spiro atoms. The summed E-state index contributed by atoms with van der Waals surface area (Å²) in [5.74, 6) is 0.253. The van der Waals surface area contributed by atoms with E-state index in [0.29, 0.717) is 12.3 Å². The smallest absolute Gasteiger partial charge is 0.308 e. The predicted molar refractivity (Wildman–Crippen MR) is 76.2 cm³/mol. The predicted octanol–water partition coefficient (Wildman–Crippen LogP) is 1.27. The summed E-state index contributed by atoms with van der Waals surface area (Å²) in [6, 6.07) is 0. The van der Waals surface area contributed by atoms with Crippen LogP contribution in [0, 0.1) is 5.92 Å². The molecule has 2 fully saturated rings. The first-order valence-corrected chi connectivity index (χ1v) is 7.78. The van der Waals surface area contributed by atoms with Gasteiger partial charge in [-0.05, 0) is 45.2 Å². The van der Waals surface area contributed by atoms with E-state index in [1.807, 2.05) is 4.90 Å². The van der Waals surface area contributed by atoms with Crippen LogP contribution in [0.4, 0.5) is 0 Å². The normalized spacial score (nSPS) is 21.8. The van der Waals surface area contributed by atoms with E-state index in [4.69, 9.17) is 4.74 Å². The molecule has 0 aromatic rings. The molecule has 5 nitrogen and oxygen atoms in total. The Labute approximate surface area is 121 Å². The molecule has 20 heavy (non-hydrogen) atoms. The SMILES string of the molecule is COC(=O)C1CCN(CCC(=O)N2CCCCC2)CC1. The highest BCUT2D eigenvalue weighted by Gasteiger charge is 2.26. The van der Waals surface area contributed by atoms with Crippen molar-refractivity contribution >= 4 is 11.9 Å². The Balaban J connectivity index is 1.65. The van der Waals surface area contributed by atoms with Gasteiger partial charge in [0.15, 0.2) is 0 Å². The monoisotopic (exact) mass is 282 g/mol. The van der Waals surface area contributed by atoms with Crippen LogP contribution in [0.1, 0.15) is 38.5 Å². The quantitative estimate of drug-likeness (QED) is 0.729. The molecule has 114 valence electrons. The van der Waals surface area contributed by atoms with E-state index in [1.54, 1.807) is 0 Å². The second-order valence-corrected chi connectivity index (χ2v) is 5.83. The second-order valence-electron chi connectivity index (χ2n) is 5.83. The number of ether oxygens (including phenoxy) is 1. The molecule has 0 bridgehead atoms. The van der Waals surface area contributed by atoms with Crippen molar-refractivity contribution in [1.29, 1.82) is 0 Å². The molecule has 0 saturated carbocycles. The fourth-order valence-corrected chi connectivity index (χ4v) is 3.11. The van der Waals surface area contributed by atoms with Gasteiger partial charge in [-0.25, -0.2) is 0 Å². The molecular weight excluding hydrogens is 256 g/mol. The lowest BCUT2D eigenvalue weighted by Crippen LogP contribution is -2.40. The number of methoxy groups -OCH3 is 1. The van der Waals surface area contributed by atoms with Crippen LogP contribution < -0.4 is 0 Å². The van der Waals surface area contributed by atoms with Crippen molar-refractivity contribution in [2.75, 3.05) is 39.8 Å². The van der Waals surface area contributed by atoms with Crippen LogP contribution in [0.5, 0.6) is 0 Å². The number of amides is 1. The van der Waals surface area contributed by atoms with E-state index < -0.39 is 0 Å². The molecule has 2 aliphatic rings. The van der Waals surface area contributed by atoms with Gasteiger partial charge < -0.3 is 14.5 Å². The minimum atomic E-state index is -0.0888. The third-order valence-electron chi connectivity index (χ3n) is 4.47. The van der Waals surface area contributed by atoms with Gasteiger partial charge in [-0.15, -0.1) is 0 Å². The zero-order valence-corrected chi connectivity index (χ0v) is 12.5. The lowest BCUT2D eigenvalue weighted by Gasteiger charge is -2.32. The molecule has 0 aromatic heterocycles. The molecule has 2 rings (SSSR count). The molecule has 0 aromatic carbocycles. The number of carbonyl (C=O) groups excluding carboxylic acids is 2. The van der Waals surface area contributed by atoms with Gasteiger partial charge >= 0.3 is 5.97 Å². The standard InChI is InChI=1S/C15H26N2O3/c1-20-15(19)13-5-10-16(11-6-13)12-7-14(18)17-8-3-2-4-9-17/h13H,2-12H2,1H3. The summed E-state index contributed by atoms with van der Waals surface area (Å²) in [7, 11) is 1.45. The molecule has 0 atom stereocenters. The average Bonchev–Trinajstić information content (AvgIpc) is 2.53. The van der Waals surface area contributed by atoms with E-state index >= 15 is 0 Å². The second kappa shape index (κ2) is 7.62. The van der Waals surface area contributed by atoms with Crippen LogP contribution in [-0.2, 0) is 14.3 Å². The minimum absolute atomic E-state index is 0.0500. The first-order chi connectivity index (χ1) is 9.70. The Kier molecular flexibility index (Phi) is 5.83. The van der Waals surface area contributed by atoms with Crippen LogP contribution in [0.2, 0.25) is 0 Å². The van der Waals surface area contributed by atoms with Gasteiger partial charge in [0.2, 0.25) is 5.91 Å². The third-order valence-corrected chi connectivity index (χ3v) is 4.47. The Hall–Kier alpha value is -1.10. The number of hydrogen-bond acceptors (Lipinski definition) is 4. The Morgan fingerprint density at radius 2 is 1.70 bits per heavy atom. The van der Waals surface area contributed by atoms with Gasteiger partial charge in [0.1, 0.15) is 0 Å². The van der Waals surface area contributed by atoms with Gasteiger partial charge in [0.25, 0.3) is 0 Å². The number of esters is 1. The summed E-state index contributed by atoms with van der Waals surface area (Å²) < 4.78 is 4.78. The van der Waals surface area contributed by atoms with Crippen molar-refractivity contribution in [1.82, 2.24) is 9.80 Å². The van der Waals surface area contributed by atoms with Crippen LogP contribution in [0.15, 0.2) is 0 Å². The number of carbonyl (C=O) groups is 2. The number of hydrogen-bond donors (Lipinski definition) is 0. The maximum atomic E-state index is 12.1. The summed E-state index contributed by atoms with van der Waals surface area (Å²) in [5, 5.41) is 0. The van der Waals surface area contributed by atoms with E-state index in [-0.39, 0.29) is 11.9 Å². The third kappa shape index (κ3) is 4.20. The Bertz CT molecular complexity index is 332. The topological polar surface area (TPSA) is 49.9 Å². The average molecular weight is 282 g/mol. The van der Waals surface area contributed by atoms with Gasteiger partial charge in [-0.3, -0.25) is 9.59 Å². The lowest BCUT2D eigenvalue weighted by atomic mass is 9.97. The molecule has 1 amide bonds.